The summed E-state index contributed by atoms with van der Waals surface area (Å²) >= 11 is 0. The van der Waals surface area contributed by atoms with Crippen LogP contribution in [-0.4, -0.2) is 31.2 Å². The fraction of sp³-hybridized carbons (Fsp3) is 0.667. The number of alkyl halides is 2. The number of halogens is 2. The Hall–Kier alpha value is -0.970. The van der Waals surface area contributed by atoms with Crippen molar-refractivity contribution >= 4 is 5.97 Å². The molecule has 1 unspecified atom stereocenters. The van der Waals surface area contributed by atoms with Crippen molar-refractivity contribution in [2.75, 3.05) is 13.2 Å². The van der Waals surface area contributed by atoms with E-state index >= 15 is 0 Å². The summed E-state index contributed by atoms with van der Waals surface area (Å²) in [6, 6.07) is 0. The van der Waals surface area contributed by atoms with Crippen molar-refractivity contribution in [3.63, 3.8) is 0 Å². The van der Waals surface area contributed by atoms with E-state index in [2.05, 4.69) is 11.3 Å². The lowest BCUT2D eigenvalue weighted by Gasteiger charge is -2.35. The quantitative estimate of drug-likeness (QED) is 0.389. The van der Waals surface area contributed by atoms with Crippen molar-refractivity contribution in [3.8, 4) is 0 Å². The Morgan fingerprint density at radius 2 is 2.29 bits per heavy atom. The molecule has 0 radical (unpaired) electrons. The molecular weight excluding hydrogens is 194 g/mol. The van der Waals surface area contributed by atoms with E-state index < -0.39 is 18.0 Å². The molecule has 0 N–H and O–H groups in total. The van der Waals surface area contributed by atoms with E-state index in [4.69, 9.17) is 4.74 Å². The van der Waals surface area contributed by atoms with Gasteiger partial charge in [0.05, 0.1) is 6.61 Å². The van der Waals surface area contributed by atoms with Crippen LogP contribution >= 0.6 is 0 Å². The van der Waals surface area contributed by atoms with Crippen molar-refractivity contribution in [1.29, 1.82) is 0 Å². The number of hydrogen-bond acceptors (Lipinski definition) is 3. The van der Waals surface area contributed by atoms with Gasteiger partial charge in [-0.15, -0.1) is 0 Å². The molecule has 3 nitrogen and oxygen atoms in total. The molecule has 1 aliphatic carbocycles. The van der Waals surface area contributed by atoms with Gasteiger partial charge in [0.2, 0.25) is 0 Å². The molecule has 1 rings (SSSR count). The molecule has 1 fully saturated rings. The molecule has 80 valence electrons. The monoisotopic (exact) mass is 206 g/mol. The van der Waals surface area contributed by atoms with Gasteiger partial charge >= 0.3 is 5.97 Å². The number of rotatable bonds is 5. The lowest BCUT2D eigenvalue weighted by atomic mass is 9.91. The van der Waals surface area contributed by atoms with E-state index in [9.17, 15) is 13.6 Å². The zero-order valence-corrected chi connectivity index (χ0v) is 7.67. The molecule has 1 atom stereocenters. The summed E-state index contributed by atoms with van der Waals surface area (Å²) in [6.45, 7) is 3.17. The average molecular weight is 206 g/mol. The van der Waals surface area contributed by atoms with Crippen molar-refractivity contribution in [2.45, 2.75) is 24.9 Å². The zero-order chi connectivity index (χ0) is 10.6. The Balaban J connectivity index is 2.05. The molecule has 0 aromatic carbocycles. The number of esters is 1. The van der Waals surface area contributed by atoms with Crippen LogP contribution < -0.4 is 0 Å². The molecule has 5 heteroatoms. The van der Waals surface area contributed by atoms with Gasteiger partial charge in [0.25, 0.3) is 5.92 Å². The van der Waals surface area contributed by atoms with Crippen LogP contribution in [0, 0.1) is 0 Å². The first-order valence-corrected chi connectivity index (χ1v) is 4.35. The second-order valence-corrected chi connectivity index (χ2v) is 3.03. The Kier molecular flexibility index (Phi) is 3.57. The van der Waals surface area contributed by atoms with E-state index in [1.54, 1.807) is 0 Å². The summed E-state index contributed by atoms with van der Waals surface area (Å²) in [5.74, 6) is -3.28. The van der Waals surface area contributed by atoms with Crippen LogP contribution in [0.1, 0.15) is 12.8 Å². The molecule has 0 aliphatic heterocycles. The number of carbonyl (C=O) groups excluding carboxylic acids is 1. The third-order valence-corrected chi connectivity index (χ3v) is 2.02. The molecule has 0 saturated heterocycles. The van der Waals surface area contributed by atoms with Gasteiger partial charge in [-0.25, -0.2) is 13.6 Å². The highest BCUT2D eigenvalue weighted by Crippen LogP contribution is 2.39. The fourth-order valence-corrected chi connectivity index (χ4v) is 1.08. The number of ether oxygens (including phenoxy) is 2. The van der Waals surface area contributed by atoms with Crippen LogP contribution in [0.25, 0.3) is 0 Å². The topological polar surface area (TPSA) is 35.5 Å². The second kappa shape index (κ2) is 4.50. The highest BCUT2D eigenvalue weighted by Gasteiger charge is 2.49. The van der Waals surface area contributed by atoms with E-state index in [0.717, 1.165) is 6.08 Å². The van der Waals surface area contributed by atoms with Gasteiger partial charge in [0.1, 0.15) is 12.7 Å². The minimum absolute atomic E-state index is 0.000162. The number of hydrogen-bond donors (Lipinski definition) is 0. The minimum Gasteiger partial charge on any atom is -0.460 e. The molecule has 0 spiro atoms. The Bertz CT molecular complexity index is 228. The summed E-state index contributed by atoms with van der Waals surface area (Å²) in [5.41, 5.74) is 0. The highest BCUT2D eigenvalue weighted by molar-refractivity contribution is 5.81. The number of carbonyl (C=O) groups is 1. The molecule has 14 heavy (non-hydrogen) atoms. The second-order valence-electron chi connectivity index (χ2n) is 3.03. The molecule has 0 aromatic rings. The molecule has 0 bridgehead atoms. The zero-order valence-electron chi connectivity index (χ0n) is 7.67. The van der Waals surface area contributed by atoms with Gasteiger partial charge in [-0.2, -0.15) is 0 Å². The first-order chi connectivity index (χ1) is 6.56. The van der Waals surface area contributed by atoms with E-state index in [-0.39, 0.29) is 19.6 Å². The van der Waals surface area contributed by atoms with Crippen LogP contribution in [0.2, 0.25) is 0 Å². The van der Waals surface area contributed by atoms with Gasteiger partial charge in [0.15, 0.2) is 0 Å². The van der Waals surface area contributed by atoms with E-state index in [1.807, 2.05) is 0 Å². The Labute approximate surface area is 80.7 Å². The summed E-state index contributed by atoms with van der Waals surface area (Å²) in [5, 5.41) is 0. The maximum atomic E-state index is 12.6. The van der Waals surface area contributed by atoms with E-state index in [0.29, 0.717) is 6.42 Å². The fourth-order valence-electron chi connectivity index (χ4n) is 1.08. The normalized spacial score (nSPS) is 23.7. The van der Waals surface area contributed by atoms with Gasteiger partial charge in [-0.05, 0) is 6.42 Å². The molecule has 0 heterocycles. The minimum atomic E-state index is -2.71. The molecule has 1 saturated carbocycles. The highest BCUT2D eigenvalue weighted by atomic mass is 19.3. The van der Waals surface area contributed by atoms with Crippen LogP contribution in [-0.2, 0) is 14.3 Å². The maximum absolute atomic E-state index is 12.6. The van der Waals surface area contributed by atoms with Crippen molar-refractivity contribution in [1.82, 2.24) is 0 Å². The van der Waals surface area contributed by atoms with Gasteiger partial charge in [0, 0.05) is 12.5 Å². The standard InChI is InChI=1S/C9H12F2O3/c1-2-8(12)14-6-5-13-7-3-4-9(7,10)11/h2,7H,1,3-6H2. The lowest BCUT2D eigenvalue weighted by molar-refractivity contribution is -0.203. The van der Waals surface area contributed by atoms with Crippen molar-refractivity contribution < 1.29 is 23.0 Å². The van der Waals surface area contributed by atoms with Crippen LogP contribution in [0.5, 0.6) is 0 Å². The summed E-state index contributed by atoms with van der Waals surface area (Å²) in [7, 11) is 0. The molecule has 1 aliphatic rings. The largest absolute Gasteiger partial charge is 0.460 e. The first kappa shape index (κ1) is 11.1. The first-order valence-electron chi connectivity index (χ1n) is 4.35. The van der Waals surface area contributed by atoms with Crippen LogP contribution in [0.15, 0.2) is 12.7 Å². The smallest absolute Gasteiger partial charge is 0.330 e. The predicted molar refractivity (Wildman–Crippen MR) is 45.1 cm³/mol. The van der Waals surface area contributed by atoms with Crippen LogP contribution in [0.4, 0.5) is 8.78 Å². The van der Waals surface area contributed by atoms with Crippen molar-refractivity contribution in [2.24, 2.45) is 0 Å². The maximum Gasteiger partial charge on any atom is 0.330 e. The molecule has 0 amide bonds. The average Bonchev–Trinajstić information content (AvgIpc) is 2.15. The molecule has 0 aromatic heterocycles. The van der Waals surface area contributed by atoms with Crippen molar-refractivity contribution in [3.05, 3.63) is 12.7 Å². The Morgan fingerprint density at radius 1 is 1.57 bits per heavy atom. The van der Waals surface area contributed by atoms with Gasteiger partial charge < -0.3 is 9.47 Å². The SMILES string of the molecule is C=CC(=O)OCCOC1CCC1(F)F. The predicted octanol–water partition coefficient (Wildman–Crippen LogP) is 1.53. The lowest BCUT2D eigenvalue weighted by Crippen LogP contribution is -2.46. The third kappa shape index (κ3) is 2.77. The van der Waals surface area contributed by atoms with E-state index in [1.165, 1.54) is 0 Å². The summed E-state index contributed by atoms with van der Waals surface area (Å²) in [6.07, 6.45) is 0.245. The third-order valence-electron chi connectivity index (χ3n) is 2.02. The van der Waals surface area contributed by atoms with Crippen LogP contribution in [0.3, 0.4) is 0 Å². The molecular formula is C9H12F2O3. The van der Waals surface area contributed by atoms with Gasteiger partial charge in [-0.1, -0.05) is 6.58 Å². The Morgan fingerprint density at radius 3 is 2.71 bits per heavy atom. The van der Waals surface area contributed by atoms with Gasteiger partial charge in [-0.3, -0.25) is 0 Å². The summed E-state index contributed by atoms with van der Waals surface area (Å²) < 4.78 is 34.6. The summed E-state index contributed by atoms with van der Waals surface area (Å²) in [4.78, 5) is 10.5.